The Morgan fingerprint density at radius 3 is 2.77 bits per heavy atom. The van der Waals surface area contributed by atoms with Crippen LogP contribution in [0.2, 0.25) is 0 Å². The van der Waals surface area contributed by atoms with E-state index in [0.717, 1.165) is 11.1 Å². The number of aromatic nitrogens is 5. The molecule has 2 heterocycles. The van der Waals surface area contributed by atoms with E-state index in [1.165, 1.54) is 11.6 Å². The Morgan fingerprint density at radius 2 is 2.04 bits per heavy atom. The van der Waals surface area contributed by atoms with E-state index in [0.29, 0.717) is 5.69 Å². The Labute approximate surface area is 148 Å². The largest absolute Gasteiger partial charge is 0.290 e. The number of rotatable bonds is 4. The minimum atomic E-state index is -0.488. The molecule has 3 rings (SSSR count). The highest BCUT2D eigenvalue weighted by Crippen LogP contribution is 2.08. The topological polar surface area (TPSA) is 118 Å². The number of hydrogen-bond donors (Lipinski definition) is 2. The van der Waals surface area contributed by atoms with Crippen molar-refractivity contribution in [2.45, 2.75) is 20.8 Å². The van der Waals surface area contributed by atoms with Gasteiger partial charge in [-0.1, -0.05) is 29.8 Å². The van der Waals surface area contributed by atoms with Crippen molar-refractivity contribution in [3.05, 3.63) is 68.9 Å². The number of carbonyl (C=O) groups is 1. The van der Waals surface area contributed by atoms with E-state index in [4.69, 9.17) is 0 Å². The molecule has 0 radical (unpaired) electrons. The molecule has 0 aliphatic rings. The van der Waals surface area contributed by atoms with Crippen LogP contribution in [0.1, 0.15) is 33.0 Å². The molecule has 9 heteroatoms. The second-order valence-corrected chi connectivity index (χ2v) is 5.76. The molecule has 132 valence electrons. The maximum atomic E-state index is 12.4. The van der Waals surface area contributed by atoms with Crippen LogP contribution in [0.25, 0.3) is 5.95 Å². The summed E-state index contributed by atoms with van der Waals surface area (Å²) >= 11 is 0. The van der Waals surface area contributed by atoms with Crippen molar-refractivity contribution < 1.29 is 4.79 Å². The van der Waals surface area contributed by atoms with Gasteiger partial charge in [-0.05, 0) is 32.4 Å². The maximum absolute atomic E-state index is 12.4. The van der Waals surface area contributed by atoms with Gasteiger partial charge in [-0.2, -0.15) is 14.9 Å². The molecule has 2 N–H and O–H groups in total. The molecule has 1 amide bonds. The fourth-order valence-corrected chi connectivity index (χ4v) is 2.28. The fraction of sp³-hybridized carbons (Fsp3) is 0.176. The highest BCUT2D eigenvalue weighted by molar-refractivity contribution is 5.93. The van der Waals surface area contributed by atoms with Crippen LogP contribution in [0.4, 0.5) is 0 Å². The number of amides is 1. The minimum absolute atomic E-state index is 0.0570. The molecule has 2 aromatic heterocycles. The predicted octanol–water partition coefficient (Wildman–Crippen LogP) is 1.04. The zero-order chi connectivity index (χ0) is 18.7. The van der Waals surface area contributed by atoms with Crippen molar-refractivity contribution in [1.82, 2.24) is 30.4 Å². The first kappa shape index (κ1) is 17.2. The summed E-state index contributed by atoms with van der Waals surface area (Å²) in [7, 11) is 0. The van der Waals surface area contributed by atoms with Crippen molar-refractivity contribution in [3.8, 4) is 5.95 Å². The Morgan fingerprint density at radius 1 is 1.23 bits per heavy atom. The number of aromatic amines is 1. The summed E-state index contributed by atoms with van der Waals surface area (Å²) in [5, 5.41) is 15.8. The molecule has 0 atom stereocenters. The van der Waals surface area contributed by atoms with E-state index < -0.39 is 11.5 Å². The zero-order valence-electron chi connectivity index (χ0n) is 14.5. The molecule has 0 saturated carbocycles. The molecule has 0 aliphatic heterocycles. The molecular weight excluding hydrogens is 334 g/mol. The van der Waals surface area contributed by atoms with Crippen molar-refractivity contribution in [2.24, 2.45) is 5.10 Å². The Hall–Kier alpha value is -3.62. The van der Waals surface area contributed by atoms with Crippen molar-refractivity contribution in [2.75, 3.05) is 0 Å². The minimum Gasteiger partial charge on any atom is -0.288 e. The van der Waals surface area contributed by atoms with Crippen molar-refractivity contribution in [1.29, 1.82) is 0 Å². The van der Waals surface area contributed by atoms with E-state index in [9.17, 15) is 9.59 Å². The van der Waals surface area contributed by atoms with Crippen LogP contribution in [-0.4, -0.2) is 37.1 Å². The number of benzene rings is 1. The third-order valence-corrected chi connectivity index (χ3v) is 3.54. The summed E-state index contributed by atoms with van der Waals surface area (Å²) < 4.78 is 1.22. The molecule has 0 spiro atoms. The average molecular weight is 351 g/mol. The van der Waals surface area contributed by atoms with Gasteiger partial charge in [0.2, 0.25) is 0 Å². The molecule has 3 aromatic rings. The normalized spacial score (nSPS) is 11.0. The molecule has 0 fully saturated rings. The lowest BCUT2D eigenvalue weighted by atomic mass is 10.2. The first-order valence-corrected chi connectivity index (χ1v) is 7.85. The first-order valence-electron chi connectivity index (χ1n) is 7.85. The van der Waals surface area contributed by atoms with Crippen LogP contribution in [-0.2, 0) is 0 Å². The third kappa shape index (κ3) is 3.72. The van der Waals surface area contributed by atoms with Gasteiger partial charge in [0.15, 0.2) is 0 Å². The summed E-state index contributed by atoms with van der Waals surface area (Å²) in [6, 6.07) is 9.27. The maximum Gasteiger partial charge on any atom is 0.290 e. The Balaban J connectivity index is 1.84. The van der Waals surface area contributed by atoms with Crippen molar-refractivity contribution in [3.63, 3.8) is 0 Å². The standard InChI is InChI=1S/C17H17N7O2/c1-10-5-4-6-13(7-10)9-18-21-16(26)14-8-11(2)23-24(14)17-19-15(25)12(3)20-22-17/h4-9H,1-3H3,(H,21,26)(H,19,22,25)/b18-9-. The third-order valence-electron chi connectivity index (χ3n) is 3.54. The fourth-order valence-electron chi connectivity index (χ4n) is 2.28. The summed E-state index contributed by atoms with van der Waals surface area (Å²) in [6.07, 6.45) is 1.55. The van der Waals surface area contributed by atoms with Gasteiger partial charge < -0.3 is 0 Å². The van der Waals surface area contributed by atoms with E-state index in [1.807, 2.05) is 31.2 Å². The first-order chi connectivity index (χ1) is 12.4. The van der Waals surface area contributed by atoms with Gasteiger partial charge in [0.1, 0.15) is 11.4 Å². The van der Waals surface area contributed by atoms with Crippen LogP contribution in [0.5, 0.6) is 0 Å². The predicted molar refractivity (Wildman–Crippen MR) is 95.5 cm³/mol. The van der Waals surface area contributed by atoms with Crippen LogP contribution >= 0.6 is 0 Å². The number of hydrazone groups is 1. The average Bonchev–Trinajstić information content (AvgIpc) is 2.99. The van der Waals surface area contributed by atoms with Crippen LogP contribution in [0, 0.1) is 20.8 Å². The molecule has 0 unspecified atom stereocenters. The van der Waals surface area contributed by atoms with Gasteiger partial charge >= 0.3 is 0 Å². The smallest absolute Gasteiger partial charge is 0.288 e. The van der Waals surface area contributed by atoms with Crippen molar-refractivity contribution >= 4 is 12.1 Å². The number of carbonyl (C=O) groups excluding carboxylic acids is 1. The van der Waals surface area contributed by atoms with Gasteiger partial charge in [0.05, 0.1) is 11.9 Å². The van der Waals surface area contributed by atoms with E-state index >= 15 is 0 Å². The SMILES string of the molecule is Cc1cccc(/C=N\NC(=O)c2cc(C)nn2-c2nnc(C)c(=O)[nH]2)c1. The molecule has 26 heavy (non-hydrogen) atoms. The lowest BCUT2D eigenvalue weighted by molar-refractivity contribution is 0.0947. The summed E-state index contributed by atoms with van der Waals surface area (Å²) in [6.45, 7) is 5.24. The summed E-state index contributed by atoms with van der Waals surface area (Å²) in [5.41, 5.74) is 5.00. The van der Waals surface area contributed by atoms with Crippen LogP contribution < -0.4 is 11.0 Å². The Kier molecular flexibility index (Phi) is 4.70. The van der Waals surface area contributed by atoms with Gasteiger partial charge in [-0.15, -0.1) is 10.2 Å². The van der Waals surface area contributed by atoms with Gasteiger partial charge in [-0.25, -0.2) is 5.43 Å². The molecule has 0 aliphatic carbocycles. The highest BCUT2D eigenvalue weighted by Gasteiger charge is 2.17. The summed E-state index contributed by atoms with van der Waals surface area (Å²) in [5.74, 6) is -0.431. The molecule has 9 nitrogen and oxygen atoms in total. The molecular formula is C17H17N7O2. The number of hydrogen-bond acceptors (Lipinski definition) is 6. The van der Waals surface area contributed by atoms with Gasteiger partial charge in [-0.3, -0.25) is 14.6 Å². The summed E-state index contributed by atoms with van der Waals surface area (Å²) in [4.78, 5) is 26.7. The highest BCUT2D eigenvalue weighted by atomic mass is 16.2. The van der Waals surface area contributed by atoms with Crippen LogP contribution in [0.3, 0.4) is 0 Å². The van der Waals surface area contributed by atoms with Gasteiger partial charge in [0.25, 0.3) is 17.4 Å². The molecule has 0 saturated heterocycles. The monoisotopic (exact) mass is 351 g/mol. The molecule has 0 bridgehead atoms. The Bertz CT molecular complexity index is 1050. The number of nitrogens with one attached hydrogen (secondary N) is 2. The zero-order valence-corrected chi connectivity index (χ0v) is 14.5. The quantitative estimate of drug-likeness (QED) is 0.538. The number of nitrogens with zero attached hydrogens (tertiary/aromatic N) is 5. The molecule has 1 aromatic carbocycles. The lowest BCUT2D eigenvalue weighted by Gasteiger charge is -2.04. The lowest BCUT2D eigenvalue weighted by Crippen LogP contribution is -2.24. The van der Waals surface area contributed by atoms with E-state index in [1.54, 1.807) is 19.2 Å². The van der Waals surface area contributed by atoms with E-state index in [2.05, 4.69) is 30.8 Å². The van der Waals surface area contributed by atoms with Crippen LogP contribution in [0.15, 0.2) is 40.2 Å². The number of aryl methyl sites for hydroxylation is 3. The number of H-pyrrole nitrogens is 1. The second kappa shape index (κ2) is 7.09. The van der Waals surface area contributed by atoms with Gasteiger partial charge in [0, 0.05) is 0 Å². The van der Waals surface area contributed by atoms with E-state index in [-0.39, 0.29) is 17.3 Å². The second-order valence-electron chi connectivity index (χ2n) is 5.76.